The van der Waals surface area contributed by atoms with Gasteiger partial charge in [-0.15, -0.1) is 0 Å². The summed E-state index contributed by atoms with van der Waals surface area (Å²) in [5, 5.41) is 8.40. The molecule has 11 heavy (non-hydrogen) atoms. The van der Waals surface area contributed by atoms with Crippen LogP contribution < -0.4 is 11.5 Å². The molecule has 0 aromatic rings. The first-order chi connectivity index (χ1) is 4.31. The van der Waals surface area contributed by atoms with Gasteiger partial charge < -0.3 is 16.6 Å². The molecule has 0 fully saturated rings. The van der Waals surface area contributed by atoms with E-state index in [1.54, 1.807) is 0 Å². The summed E-state index contributed by atoms with van der Waals surface area (Å²) in [6.07, 6.45) is 2.54. The van der Waals surface area contributed by atoms with Gasteiger partial charge in [-0.2, -0.15) is 0 Å². The van der Waals surface area contributed by atoms with Gasteiger partial charge in [0.25, 0.3) is 0 Å². The minimum Gasteiger partial charge on any atom is -0.396 e. The molecule has 0 aliphatic carbocycles. The van der Waals surface area contributed by atoms with Crippen molar-refractivity contribution in [3.63, 3.8) is 0 Å². The number of aliphatic hydroxyl groups is 1. The molecule has 0 aromatic carbocycles. The molecular formula is C6H18F2N2O. The number of nitrogens with two attached hydrogens (primary N) is 2. The molecule has 0 spiro atoms. The molecule has 5 heteroatoms. The van der Waals surface area contributed by atoms with Crippen molar-refractivity contribution in [3.8, 4) is 0 Å². The third-order valence-electron chi connectivity index (χ3n) is 1.27. The van der Waals surface area contributed by atoms with Crippen molar-refractivity contribution in [2.75, 3.05) is 13.2 Å². The Morgan fingerprint density at radius 2 is 1.73 bits per heavy atom. The van der Waals surface area contributed by atoms with Gasteiger partial charge in [-0.1, -0.05) is 0 Å². The van der Waals surface area contributed by atoms with Gasteiger partial charge >= 0.3 is 0 Å². The third kappa shape index (κ3) is 12.8. The van der Waals surface area contributed by atoms with Crippen LogP contribution in [0.3, 0.4) is 0 Å². The Balaban J connectivity index is -0.000000320. The maximum Gasteiger partial charge on any atom is 0.0431 e. The lowest BCUT2D eigenvalue weighted by atomic mass is 10.1. The fourth-order valence-electron chi connectivity index (χ4n) is 0.712. The summed E-state index contributed by atoms with van der Waals surface area (Å²) in [6.45, 7) is 0.880. The third-order valence-corrected chi connectivity index (χ3v) is 1.27. The summed E-state index contributed by atoms with van der Waals surface area (Å²) < 4.78 is 0. The number of halogens is 2. The van der Waals surface area contributed by atoms with Crippen LogP contribution in [0.1, 0.15) is 19.3 Å². The van der Waals surface area contributed by atoms with E-state index in [0.29, 0.717) is 6.54 Å². The average Bonchev–Trinajstić information content (AvgIpc) is 1.85. The van der Waals surface area contributed by atoms with Crippen LogP contribution in [0, 0.1) is 0 Å². The van der Waals surface area contributed by atoms with Gasteiger partial charge in [0.05, 0.1) is 0 Å². The molecule has 0 rings (SSSR count). The molecule has 1 atom stereocenters. The van der Waals surface area contributed by atoms with E-state index in [2.05, 4.69) is 0 Å². The number of aliphatic hydroxyl groups excluding tert-OH is 1. The summed E-state index contributed by atoms with van der Waals surface area (Å²) in [4.78, 5) is 0. The second-order valence-corrected chi connectivity index (χ2v) is 2.20. The molecule has 72 valence electrons. The molecule has 3 nitrogen and oxygen atoms in total. The number of hydrogen-bond acceptors (Lipinski definition) is 3. The van der Waals surface area contributed by atoms with Gasteiger partial charge in [-0.05, 0) is 25.8 Å². The highest BCUT2D eigenvalue weighted by atomic mass is 19.0. The Labute approximate surface area is 65.5 Å². The smallest absolute Gasteiger partial charge is 0.0431 e. The zero-order valence-electron chi connectivity index (χ0n) is 6.53. The monoisotopic (exact) mass is 172 g/mol. The fraction of sp³-hybridized carbons (Fsp3) is 1.00. The molecule has 1 unspecified atom stereocenters. The van der Waals surface area contributed by atoms with Crippen LogP contribution in [0.25, 0.3) is 0 Å². The van der Waals surface area contributed by atoms with E-state index in [-0.39, 0.29) is 22.1 Å². The van der Waals surface area contributed by atoms with Crippen molar-refractivity contribution in [3.05, 3.63) is 0 Å². The Bertz CT molecular complexity index is 66.5. The van der Waals surface area contributed by atoms with Gasteiger partial charge in [0, 0.05) is 12.6 Å². The topological polar surface area (TPSA) is 72.3 Å². The van der Waals surface area contributed by atoms with Gasteiger partial charge in [0.2, 0.25) is 0 Å². The first-order valence-electron chi connectivity index (χ1n) is 3.37. The summed E-state index contributed by atoms with van der Waals surface area (Å²) >= 11 is 0. The Hall–Kier alpha value is -0.260. The Kier molecular flexibility index (Phi) is 19.2. The zero-order valence-corrected chi connectivity index (χ0v) is 6.53. The molecule has 0 amide bonds. The summed E-state index contributed by atoms with van der Waals surface area (Å²) in [5.74, 6) is 0. The van der Waals surface area contributed by atoms with Crippen molar-refractivity contribution in [1.29, 1.82) is 0 Å². The highest BCUT2D eigenvalue weighted by Gasteiger charge is 1.98. The molecule has 0 aromatic heterocycles. The van der Waals surface area contributed by atoms with Crippen LogP contribution in [-0.4, -0.2) is 24.3 Å². The fourth-order valence-corrected chi connectivity index (χ4v) is 0.712. The van der Waals surface area contributed by atoms with Crippen molar-refractivity contribution >= 4 is 0 Å². The van der Waals surface area contributed by atoms with Crippen LogP contribution in [-0.2, 0) is 0 Å². The van der Waals surface area contributed by atoms with Crippen LogP contribution in [0.15, 0.2) is 0 Å². The molecule has 0 aliphatic heterocycles. The van der Waals surface area contributed by atoms with Crippen molar-refractivity contribution in [2.24, 2.45) is 11.5 Å². The average molecular weight is 172 g/mol. The molecule has 0 saturated heterocycles. The highest BCUT2D eigenvalue weighted by molar-refractivity contribution is 4.60. The lowest BCUT2D eigenvalue weighted by Gasteiger charge is -2.07. The molecule has 5 N–H and O–H groups in total. The van der Waals surface area contributed by atoms with E-state index in [1.807, 2.05) is 0 Å². The number of hydrogen-bond donors (Lipinski definition) is 3. The van der Waals surface area contributed by atoms with E-state index >= 15 is 0 Å². The Morgan fingerprint density at radius 1 is 1.18 bits per heavy atom. The van der Waals surface area contributed by atoms with Crippen LogP contribution in [0.4, 0.5) is 9.41 Å². The molecule has 0 saturated carbocycles. The normalized spacial score (nSPS) is 11.2. The van der Waals surface area contributed by atoms with E-state index in [0.717, 1.165) is 19.3 Å². The summed E-state index contributed by atoms with van der Waals surface area (Å²) in [7, 11) is 0. The van der Waals surface area contributed by atoms with Gasteiger partial charge in [0.15, 0.2) is 0 Å². The maximum absolute atomic E-state index is 8.40. The molecule has 0 radical (unpaired) electrons. The van der Waals surface area contributed by atoms with E-state index < -0.39 is 0 Å². The summed E-state index contributed by atoms with van der Waals surface area (Å²) in [5.41, 5.74) is 10.8. The first-order valence-corrected chi connectivity index (χ1v) is 3.37. The van der Waals surface area contributed by atoms with Crippen LogP contribution in [0.5, 0.6) is 0 Å². The quantitative estimate of drug-likeness (QED) is 0.535. The molecule has 0 heterocycles. The minimum atomic E-state index is 0. The predicted molar refractivity (Wildman–Crippen MR) is 43.0 cm³/mol. The van der Waals surface area contributed by atoms with Crippen LogP contribution >= 0.6 is 0 Å². The maximum atomic E-state index is 8.40. The summed E-state index contributed by atoms with van der Waals surface area (Å²) in [6, 6.07) is 0.183. The van der Waals surface area contributed by atoms with E-state index in [1.165, 1.54) is 0 Å². The predicted octanol–water partition coefficient (Wildman–Crippen LogP) is -0.260. The highest BCUT2D eigenvalue weighted by Crippen LogP contribution is 1.95. The Morgan fingerprint density at radius 3 is 2.09 bits per heavy atom. The van der Waals surface area contributed by atoms with Gasteiger partial charge in [-0.3, -0.25) is 9.41 Å². The lowest BCUT2D eigenvalue weighted by molar-refractivity contribution is 0.278. The SMILES string of the molecule is F.F.NCCC(N)CCCO. The molecule has 0 aliphatic rings. The second-order valence-electron chi connectivity index (χ2n) is 2.20. The lowest BCUT2D eigenvalue weighted by Crippen LogP contribution is -2.23. The standard InChI is InChI=1S/C6H16N2O.2FH/c7-4-3-6(8)2-1-5-9;;/h6,9H,1-5,7-8H2;2*1H. The van der Waals surface area contributed by atoms with Gasteiger partial charge in [0.1, 0.15) is 0 Å². The van der Waals surface area contributed by atoms with Crippen molar-refractivity contribution in [1.82, 2.24) is 0 Å². The van der Waals surface area contributed by atoms with Crippen LogP contribution in [0.2, 0.25) is 0 Å². The molecular weight excluding hydrogens is 154 g/mol. The second kappa shape index (κ2) is 12.4. The largest absolute Gasteiger partial charge is 0.396 e. The van der Waals surface area contributed by atoms with Crippen molar-refractivity contribution in [2.45, 2.75) is 25.3 Å². The first kappa shape index (κ1) is 17.0. The molecule has 0 bridgehead atoms. The number of rotatable bonds is 5. The van der Waals surface area contributed by atoms with Gasteiger partial charge in [-0.25, -0.2) is 0 Å². The van der Waals surface area contributed by atoms with E-state index in [4.69, 9.17) is 16.6 Å². The van der Waals surface area contributed by atoms with E-state index in [9.17, 15) is 0 Å². The minimum absolute atomic E-state index is 0. The van der Waals surface area contributed by atoms with Crippen molar-refractivity contribution < 1.29 is 14.5 Å². The zero-order chi connectivity index (χ0) is 7.11.